The maximum atomic E-state index is 11.6. The number of carbonyl (C=O) groups excluding carboxylic acids is 1. The van der Waals surface area contributed by atoms with E-state index in [1.54, 1.807) is 12.1 Å². The van der Waals surface area contributed by atoms with Gasteiger partial charge in [-0.05, 0) is 47.3 Å². The molecule has 1 rings (SSSR count). The Labute approximate surface area is 120 Å². The van der Waals surface area contributed by atoms with Crippen LogP contribution in [-0.4, -0.2) is 25.5 Å². The lowest BCUT2D eigenvalue weighted by Gasteiger charge is -2.07. The molecule has 0 unspecified atom stereocenters. The summed E-state index contributed by atoms with van der Waals surface area (Å²) in [5, 5.41) is 0. The minimum Gasteiger partial charge on any atom is -0.462 e. The Morgan fingerprint density at radius 3 is 2.47 bits per heavy atom. The molecule has 0 aromatic carbocycles. The average Bonchev–Trinajstić information content (AvgIpc) is 2.73. The van der Waals surface area contributed by atoms with E-state index in [9.17, 15) is 18.0 Å². The van der Waals surface area contributed by atoms with Gasteiger partial charge in [0.15, 0.2) is 0 Å². The molecule has 3 nitrogen and oxygen atoms in total. The van der Waals surface area contributed by atoms with Crippen molar-refractivity contribution in [3.05, 3.63) is 20.8 Å². The molecule has 1 aromatic rings. The lowest BCUT2D eigenvalue weighted by molar-refractivity contribution is -0.324. The minimum atomic E-state index is -4.57. The number of carbonyl (C=O) groups is 1. The maximum absolute atomic E-state index is 11.6. The van der Waals surface area contributed by atoms with Crippen molar-refractivity contribution < 1.29 is 27.4 Å². The van der Waals surface area contributed by atoms with E-state index >= 15 is 0 Å². The van der Waals surface area contributed by atoms with Gasteiger partial charge in [0.05, 0.1) is 17.0 Å². The fraction of sp³-hybridized carbons (Fsp3) is 0.545. The van der Waals surface area contributed by atoms with Crippen LogP contribution in [0.2, 0.25) is 0 Å². The molecular weight excluding hydrogens is 349 g/mol. The second kappa shape index (κ2) is 7.86. The Kier molecular flexibility index (Phi) is 6.81. The Hall–Kier alpha value is -0.600. The Balaban J connectivity index is 2.04. The SMILES string of the molecule is O=C(OCCCCCOC(F)(F)F)c1ccc(Br)s1. The molecule has 0 saturated heterocycles. The number of esters is 1. The summed E-state index contributed by atoms with van der Waals surface area (Å²) in [6.45, 7) is -0.171. The molecule has 0 aliphatic heterocycles. The highest BCUT2D eigenvalue weighted by Gasteiger charge is 2.28. The molecule has 0 bridgehead atoms. The highest BCUT2D eigenvalue weighted by atomic mass is 79.9. The third kappa shape index (κ3) is 7.54. The summed E-state index contributed by atoms with van der Waals surface area (Å²) in [6, 6.07) is 3.39. The third-order valence-electron chi connectivity index (χ3n) is 2.06. The van der Waals surface area contributed by atoms with Crippen molar-refractivity contribution in [3.8, 4) is 0 Å². The smallest absolute Gasteiger partial charge is 0.462 e. The van der Waals surface area contributed by atoms with Gasteiger partial charge < -0.3 is 4.74 Å². The predicted molar refractivity (Wildman–Crippen MR) is 68.2 cm³/mol. The Bertz CT molecular complexity index is 406. The van der Waals surface area contributed by atoms with Crippen molar-refractivity contribution in [2.45, 2.75) is 25.6 Å². The first-order valence-corrected chi connectivity index (χ1v) is 7.12. The van der Waals surface area contributed by atoms with E-state index < -0.39 is 12.3 Å². The normalized spacial score (nSPS) is 11.6. The number of hydrogen-bond donors (Lipinski definition) is 0. The van der Waals surface area contributed by atoms with Crippen molar-refractivity contribution in [2.75, 3.05) is 13.2 Å². The number of rotatable bonds is 7. The number of hydrogen-bond acceptors (Lipinski definition) is 4. The van der Waals surface area contributed by atoms with Crippen LogP contribution in [0, 0.1) is 0 Å². The number of alkyl halides is 3. The van der Waals surface area contributed by atoms with E-state index in [-0.39, 0.29) is 19.6 Å². The average molecular weight is 361 g/mol. The summed E-state index contributed by atoms with van der Waals surface area (Å²) >= 11 is 4.50. The number of unbranched alkanes of at least 4 members (excludes halogenated alkanes) is 2. The molecule has 0 N–H and O–H groups in total. The van der Waals surface area contributed by atoms with Crippen molar-refractivity contribution in [2.24, 2.45) is 0 Å². The summed E-state index contributed by atoms with van der Waals surface area (Å²) < 4.78 is 44.3. The maximum Gasteiger partial charge on any atom is 0.522 e. The van der Waals surface area contributed by atoms with Gasteiger partial charge in [-0.15, -0.1) is 24.5 Å². The monoisotopic (exact) mass is 360 g/mol. The van der Waals surface area contributed by atoms with E-state index in [4.69, 9.17) is 4.74 Å². The quantitative estimate of drug-likeness (QED) is 0.534. The van der Waals surface area contributed by atoms with Crippen LogP contribution in [0.4, 0.5) is 13.2 Å². The zero-order chi connectivity index (χ0) is 14.3. The molecule has 0 spiro atoms. The molecule has 1 heterocycles. The van der Waals surface area contributed by atoms with Gasteiger partial charge in [0.2, 0.25) is 0 Å². The van der Waals surface area contributed by atoms with Crippen LogP contribution < -0.4 is 0 Å². The first-order valence-electron chi connectivity index (χ1n) is 5.51. The van der Waals surface area contributed by atoms with E-state index in [0.29, 0.717) is 17.7 Å². The van der Waals surface area contributed by atoms with Crippen LogP contribution in [0.1, 0.15) is 28.9 Å². The van der Waals surface area contributed by atoms with Crippen molar-refractivity contribution in [1.82, 2.24) is 0 Å². The van der Waals surface area contributed by atoms with Gasteiger partial charge in [-0.2, -0.15) is 0 Å². The van der Waals surface area contributed by atoms with Gasteiger partial charge in [-0.1, -0.05) is 0 Å². The molecule has 108 valence electrons. The van der Waals surface area contributed by atoms with Gasteiger partial charge in [-0.25, -0.2) is 4.79 Å². The zero-order valence-electron chi connectivity index (χ0n) is 9.84. The van der Waals surface area contributed by atoms with Crippen LogP contribution in [0.3, 0.4) is 0 Å². The number of thiophene rings is 1. The molecule has 0 saturated carbocycles. The second-order valence-corrected chi connectivity index (χ2v) is 6.06. The fourth-order valence-electron chi connectivity index (χ4n) is 1.23. The Morgan fingerprint density at radius 1 is 1.21 bits per heavy atom. The number of halogens is 4. The highest BCUT2D eigenvalue weighted by Crippen LogP contribution is 2.22. The molecule has 19 heavy (non-hydrogen) atoms. The molecule has 8 heteroatoms. The fourth-order valence-corrected chi connectivity index (χ4v) is 2.51. The van der Waals surface area contributed by atoms with Gasteiger partial charge in [-0.3, -0.25) is 4.74 Å². The lowest BCUT2D eigenvalue weighted by atomic mass is 10.2. The van der Waals surface area contributed by atoms with Crippen LogP contribution in [0.5, 0.6) is 0 Å². The molecule has 1 aromatic heterocycles. The summed E-state index contributed by atoms with van der Waals surface area (Å²) in [4.78, 5) is 12.0. The molecular formula is C11H12BrF3O3S. The third-order valence-corrected chi connectivity index (χ3v) is 3.67. The first kappa shape index (κ1) is 16.5. The summed E-state index contributed by atoms with van der Waals surface area (Å²) in [7, 11) is 0. The molecule has 0 amide bonds. The largest absolute Gasteiger partial charge is 0.522 e. The van der Waals surface area contributed by atoms with Gasteiger partial charge in [0.25, 0.3) is 0 Å². The first-order chi connectivity index (χ1) is 8.88. The molecule has 0 aliphatic carbocycles. The zero-order valence-corrected chi connectivity index (χ0v) is 12.2. The van der Waals surface area contributed by atoms with Crippen molar-refractivity contribution in [3.63, 3.8) is 0 Å². The van der Waals surface area contributed by atoms with E-state index in [1.165, 1.54) is 11.3 Å². The minimum absolute atomic E-state index is 0.195. The molecule has 0 atom stereocenters. The highest BCUT2D eigenvalue weighted by molar-refractivity contribution is 9.11. The van der Waals surface area contributed by atoms with Gasteiger partial charge in [0.1, 0.15) is 4.88 Å². The van der Waals surface area contributed by atoms with Crippen LogP contribution >= 0.6 is 27.3 Å². The van der Waals surface area contributed by atoms with Crippen molar-refractivity contribution >= 4 is 33.2 Å². The second-order valence-electron chi connectivity index (χ2n) is 3.59. The molecule has 0 radical (unpaired) electrons. The van der Waals surface area contributed by atoms with Crippen LogP contribution in [0.15, 0.2) is 15.9 Å². The molecule has 0 aliphatic rings. The topological polar surface area (TPSA) is 35.5 Å². The standard InChI is InChI=1S/C11H12BrF3O3S/c12-9-5-4-8(19-9)10(16)17-6-2-1-3-7-18-11(13,14)15/h4-5H,1-3,6-7H2. The summed E-state index contributed by atoms with van der Waals surface area (Å²) in [5.74, 6) is -0.415. The van der Waals surface area contributed by atoms with Gasteiger partial charge >= 0.3 is 12.3 Å². The number of ether oxygens (including phenoxy) is 2. The summed E-state index contributed by atoms with van der Waals surface area (Å²) in [6.07, 6.45) is -3.27. The van der Waals surface area contributed by atoms with Crippen LogP contribution in [0.25, 0.3) is 0 Å². The van der Waals surface area contributed by atoms with Crippen molar-refractivity contribution in [1.29, 1.82) is 0 Å². The Morgan fingerprint density at radius 2 is 1.89 bits per heavy atom. The van der Waals surface area contributed by atoms with Gasteiger partial charge in [0, 0.05) is 0 Å². The van der Waals surface area contributed by atoms with Crippen LogP contribution in [-0.2, 0) is 9.47 Å². The van der Waals surface area contributed by atoms with E-state index in [2.05, 4.69) is 20.7 Å². The predicted octanol–water partition coefficient (Wildman–Crippen LogP) is 4.37. The summed E-state index contributed by atoms with van der Waals surface area (Å²) in [5.41, 5.74) is 0. The lowest BCUT2D eigenvalue weighted by Crippen LogP contribution is -2.14. The molecule has 0 fully saturated rings. The van der Waals surface area contributed by atoms with E-state index in [0.717, 1.165) is 3.79 Å². The van der Waals surface area contributed by atoms with E-state index in [1.807, 2.05) is 0 Å².